The van der Waals surface area contributed by atoms with Crippen molar-refractivity contribution in [3.8, 4) is 0 Å². The molecule has 0 aliphatic carbocycles. The number of benzene rings is 1. The zero-order valence-electron chi connectivity index (χ0n) is 9.28. The van der Waals surface area contributed by atoms with E-state index in [1.165, 1.54) is 7.11 Å². The van der Waals surface area contributed by atoms with Gasteiger partial charge in [0, 0.05) is 12.0 Å². The molecule has 0 N–H and O–H groups in total. The Morgan fingerprint density at radius 3 is 2.19 bits per heavy atom. The molecule has 1 aromatic rings. The maximum absolute atomic E-state index is 9.84. The van der Waals surface area contributed by atoms with Crippen molar-refractivity contribution in [3.63, 3.8) is 0 Å². The third-order valence-corrected chi connectivity index (χ3v) is 2.05. The Labute approximate surface area is 101 Å². The van der Waals surface area contributed by atoms with E-state index in [1.54, 1.807) is 0 Å². The summed E-state index contributed by atoms with van der Waals surface area (Å²) in [6.45, 7) is 6.81. The van der Waals surface area contributed by atoms with Gasteiger partial charge in [-0.25, -0.2) is 4.79 Å². The number of alkyl halides is 1. The molecule has 0 bridgehead atoms. The van der Waals surface area contributed by atoms with E-state index in [-0.39, 0.29) is 0 Å². The lowest BCUT2D eigenvalue weighted by atomic mass is 10.1. The van der Waals surface area contributed by atoms with Crippen molar-refractivity contribution in [2.45, 2.75) is 5.88 Å². The van der Waals surface area contributed by atoms with Crippen molar-refractivity contribution < 1.29 is 9.53 Å². The third kappa shape index (κ3) is 6.04. The van der Waals surface area contributed by atoms with E-state index in [4.69, 9.17) is 11.6 Å². The van der Waals surface area contributed by atoms with Crippen molar-refractivity contribution in [1.82, 2.24) is 0 Å². The van der Waals surface area contributed by atoms with Crippen LogP contribution in [0.4, 0.5) is 0 Å². The summed E-state index contributed by atoms with van der Waals surface area (Å²) in [4.78, 5) is 9.84. The SMILES string of the molecule is C=CC(=O)OC.C=Cc1ccc(CCl)cc1. The average molecular weight is 239 g/mol. The van der Waals surface area contributed by atoms with Crippen LogP contribution >= 0.6 is 11.6 Å². The number of methoxy groups -OCH3 is 1. The van der Waals surface area contributed by atoms with Crippen molar-refractivity contribution in [3.05, 3.63) is 54.6 Å². The standard InChI is InChI=1S/C9H9Cl.C4H6O2/c1-2-8-3-5-9(7-10)6-4-8;1-3-4(5)6-2/h2-6H,1,7H2;3H,1H2,2H3. The fourth-order valence-corrected chi connectivity index (χ4v) is 1.00. The summed E-state index contributed by atoms with van der Waals surface area (Å²) >= 11 is 5.60. The fourth-order valence-electron chi connectivity index (χ4n) is 0.826. The predicted molar refractivity (Wildman–Crippen MR) is 68.3 cm³/mol. The van der Waals surface area contributed by atoms with Crippen LogP contribution in [0.15, 0.2) is 43.5 Å². The van der Waals surface area contributed by atoms with Gasteiger partial charge in [-0.15, -0.1) is 11.6 Å². The van der Waals surface area contributed by atoms with Gasteiger partial charge in [0.1, 0.15) is 0 Å². The van der Waals surface area contributed by atoms with Gasteiger partial charge < -0.3 is 4.74 Å². The molecule has 0 aliphatic rings. The van der Waals surface area contributed by atoms with Crippen LogP contribution in [0.5, 0.6) is 0 Å². The van der Waals surface area contributed by atoms with Gasteiger partial charge in [-0.05, 0) is 11.1 Å². The first kappa shape index (κ1) is 14.5. The number of carbonyl (C=O) groups excluding carboxylic acids is 1. The van der Waals surface area contributed by atoms with Gasteiger partial charge >= 0.3 is 5.97 Å². The molecule has 1 rings (SSSR count). The fraction of sp³-hybridized carbons (Fsp3) is 0.154. The molecule has 1 aromatic carbocycles. The van der Waals surface area contributed by atoms with E-state index in [1.807, 2.05) is 30.3 Å². The summed E-state index contributed by atoms with van der Waals surface area (Å²) in [5, 5.41) is 0. The van der Waals surface area contributed by atoms with E-state index in [0.29, 0.717) is 5.88 Å². The minimum atomic E-state index is -0.394. The predicted octanol–water partition coefficient (Wildman–Crippen LogP) is 3.41. The van der Waals surface area contributed by atoms with Gasteiger partial charge in [0.05, 0.1) is 7.11 Å². The maximum Gasteiger partial charge on any atom is 0.329 e. The number of esters is 1. The average Bonchev–Trinajstić information content (AvgIpc) is 2.38. The minimum absolute atomic E-state index is 0.394. The Kier molecular flexibility index (Phi) is 7.90. The molecule has 16 heavy (non-hydrogen) atoms. The maximum atomic E-state index is 9.84. The lowest BCUT2D eigenvalue weighted by Gasteiger charge is -1.94. The number of hydrogen-bond acceptors (Lipinski definition) is 2. The second-order valence-corrected chi connectivity index (χ2v) is 3.07. The topological polar surface area (TPSA) is 26.3 Å². The minimum Gasteiger partial charge on any atom is -0.466 e. The van der Waals surface area contributed by atoms with Gasteiger partial charge in [0.25, 0.3) is 0 Å². The number of ether oxygens (including phenoxy) is 1. The Morgan fingerprint density at radius 1 is 1.38 bits per heavy atom. The molecule has 0 radical (unpaired) electrons. The quantitative estimate of drug-likeness (QED) is 0.458. The molecule has 0 heterocycles. The number of rotatable bonds is 3. The van der Waals surface area contributed by atoms with Crippen LogP contribution in [-0.2, 0) is 15.4 Å². The first-order chi connectivity index (χ1) is 7.67. The van der Waals surface area contributed by atoms with Crippen LogP contribution in [0, 0.1) is 0 Å². The smallest absolute Gasteiger partial charge is 0.329 e. The van der Waals surface area contributed by atoms with Gasteiger partial charge in [-0.2, -0.15) is 0 Å². The van der Waals surface area contributed by atoms with Crippen LogP contribution in [0.25, 0.3) is 6.08 Å². The molecule has 86 valence electrons. The normalized spacial score (nSPS) is 8.38. The van der Waals surface area contributed by atoms with Crippen molar-refractivity contribution >= 4 is 23.6 Å². The van der Waals surface area contributed by atoms with Gasteiger partial charge in [-0.1, -0.05) is 43.5 Å². The van der Waals surface area contributed by atoms with Crippen LogP contribution < -0.4 is 0 Å². The first-order valence-corrected chi connectivity index (χ1v) is 5.19. The molecule has 0 saturated carbocycles. The Hall–Kier alpha value is -1.54. The molecule has 0 aromatic heterocycles. The first-order valence-electron chi connectivity index (χ1n) is 4.65. The zero-order chi connectivity index (χ0) is 12.4. The number of carbonyl (C=O) groups is 1. The van der Waals surface area contributed by atoms with E-state index in [2.05, 4.69) is 17.9 Å². The summed E-state index contributed by atoms with van der Waals surface area (Å²) in [6, 6.07) is 8.02. The summed E-state index contributed by atoms with van der Waals surface area (Å²) in [7, 11) is 1.31. The second-order valence-electron chi connectivity index (χ2n) is 2.81. The molecular weight excluding hydrogens is 224 g/mol. The molecule has 3 heteroatoms. The highest BCUT2D eigenvalue weighted by molar-refractivity contribution is 6.17. The van der Waals surface area contributed by atoms with E-state index in [0.717, 1.165) is 17.2 Å². The van der Waals surface area contributed by atoms with Crippen LogP contribution in [0.2, 0.25) is 0 Å². The zero-order valence-corrected chi connectivity index (χ0v) is 10.0. The van der Waals surface area contributed by atoms with Crippen molar-refractivity contribution in [2.75, 3.05) is 7.11 Å². The summed E-state index contributed by atoms with van der Waals surface area (Å²) < 4.78 is 4.14. The number of halogens is 1. The lowest BCUT2D eigenvalue weighted by molar-refractivity contribution is -0.134. The van der Waals surface area contributed by atoms with Crippen molar-refractivity contribution in [2.24, 2.45) is 0 Å². The summed E-state index contributed by atoms with van der Waals surface area (Å²) in [5.41, 5.74) is 2.28. The van der Waals surface area contributed by atoms with Crippen LogP contribution in [-0.4, -0.2) is 13.1 Å². The number of hydrogen-bond donors (Lipinski definition) is 0. The molecule has 0 fully saturated rings. The highest BCUT2D eigenvalue weighted by Crippen LogP contribution is 2.06. The highest BCUT2D eigenvalue weighted by atomic mass is 35.5. The molecule has 0 aliphatic heterocycles. The van der Waals surface area contributed by atoms with Crippen LogP contribution in [0.1, 0.15) is 11.1 Å². The lowest BCUT2D eigenvalue weighted by Crippen LogP contribution is -1.91. The molecule has 2 nitrogen and oxygen atoms in total. The van der Waals surface area contributed by atoms with Crippen LogP contribution in [0.3, 0.4) is 0 Å². The molecule has 0 amide bonds. The van der Waals surface area contributed by atoms with E-state index >= 15 is 0 Å². The second kappa shape index (κ2) is 8.74. The Morgan fingerprint density at radius 2 is 1.94 bits per heavy atom. The van der Waals surface area contributed by atoms with E-state index in [9.17, 15) is 4.79 Å². The molecule has 0 atom stereocenters. The molecule has 0 unspecified atom stereocenters. The van der Waals surface area contributed by atoms with Crippen molar-refractivity contribution in [1.29, 1.82) is 0 Å². The Bertz CT molecular complexity index is 341. The summed E-state index contributed by atoms with van der Waals surface area (Å²) in [5.74, 6) is 0.187. The molecule has 0 saturated heterocycles. The molecular formula is C13H15ClO2. The third-order valence-electron chi connectivity index (χ3n) is 1.74. The largest absolute Gasteiger partial charge is 0.466 e. The van der Waals surface area contributed by atoms with Gasteiger partial charge in [-0.3, -0.25) is 0 Å². The van der Waals surface area contributed by atoms with Gasteiger partial charge in [0.2, 0.25) is 0 Å². The highest BCUT2D eigenvalue weighted by Gasteiger charge is 1.87. The Balaban J connectivity index is 0.000000325. The molecule has 0 spiro atoms. The van der Waals surface area contributed by atoms with Gasteiger partial charge in [0.15, 0.2) is 0 Å². The monoisotopic (exact) mass is 238 g/mol. The van der Waals surface area contributed by atoms with E-state index < -0.39 is 5.97 Å². The summed E-state index contributed by atoms with van der Waals surface area (Å²) in [6.07, 6.45) is 2.93.